The highest BCUT2D eigenvalue weighted by Crippen LogP contribution is 2.18. The van der Waals surface area contributed by atoms with Crippen LogP contribution in [-0.4, -0.2) is 38.0 Å². The molecule has 0 unspecified atom stereocenters. The van der Waals surface area contributed by atoms with Crippen LogP contribution in [0.2, 0.25) is 0 Å². The molecule has 0 radical (unpaired) electrons. The smallest absolute Gasteiger partial charge is 0.345 e. The van der Waals surface area contributed by atoms with Crippen LogP contribution in [0.5, 0.6) is 0 Å². The summed E-state index contributed by atoms with van der Waals surface area (Å²) in [5, 5.41) is 9.99. The maximum atomic E-state index is 11.6. The first-order valence-corrected chi connectivity index (χ1v) is 8.03. The molecular formula is C8H11NO4S3. The largest absolute Gasteiger partial charge is 0.477 e. The molecule has 1 heterocycles. The van der Waals surface area contributed by atoms with E-state index in [1.54, 1.807) is 0 Å². The minimum absolute atomic E-state index is 0.0102. The summed E-state index contributed by atoms with van der Waals surface area (Å²) in [5.74, 6) is -0.439. The van der Waals surface area contributed by atoms with Gasteiger partial charge >= 0.3 is 5.97 Å². The monoisotopic (exact) mass is 281 g/mol. The summed E-state index contributed by atoms with van der Waals surface area (Å²) in [6, 6.07) is 1.16. The normalized spacial score (nSPS) is 11.6. The Kier molecular flexibility index (Phi) is 4.78. The number of carboxylic acid groups (broad SMARTS) is 1. The van der Waals surface area contributed by atoms with Crippen LogP contribution in [0.4, 0.5) is 0 Å². The predicted octanol–water partition coefficient (Wildman–Crippen LogP) is 1.09. The molecular weight excluding hydrogens is 270 g/mol. The van der Waals surface area contributed by atoms with E-state index in [0.29, 0.717) is 12.3 Å². The highest BCUT2D eigenvalue weighted by Gasteiger charge is 2.17. The molecule has 0 aliphatic heterocycles. The molecule has 2 N–H and O–H groups in total. The van der Waals surface area contributed by atoms with E-state index in [2.05, 4.69) is 4.72 Å². The summed E-state index contributed by atoms with van der Waals surface area (Å²) in [7, 11) is -3.56. The number of sulfonamides is 1. The van der Waals surface area contributed by atoms with E-state index < -0.39 is 16.0 Å². The molecule has 0 bridgehead atoms. The Balaban J connectivity index is 2.78. The van der Waals surface area contributed by atoms with Crippen molar-refractivity contribution >= 4 is 39.1 Å². The first kappa shape index (κ1) is 13.5. The molecule has 1 aromatic rings. The molecule has 0 spiro atoms. The Morgan fingerprint density at radius 2 is 2.31 bits per heavy atom. The summed E-state index contributed by atoms with van der Waals surface area (Å²) in [6.07, 6.45) is 1.88. The van der Waals surface area contributed by atoms with Crippen molar-refractivity contribution in [3.05, 3.63) is 16.3 Å². The summed E-state index contributed by atoms with van der Waals surface area (Å²) in [4.78, 5) is 10.6. The first-order valence-electron chi connectivity index (χ1n) is 4.28. The van der Waals surface area contributed by atoms with Crippen LogP contribution in [0.1, 0.15) is 9.67 Å². The molecule has 0 saturated heterocycles. The van der Waals surface area contributed by atoms with Crippen LogP contribution < -0.4 is 4.72 Å². The third kappa shape index (κ3) is 3.48. The lowest BCUT2D eigenvalue weighted by atomic mass is 10.5. The van der Waals surface area contributed by atoms with E-state index in [0.717, 1.165) is 17.4 Å². The first-order chi connectivity index (χ1) is 7.47. The van der Waals surface area contributed by atoms with Crippen LogP contribution in [0.15, 0.2) is 16.3 Å². The average molecular weight is 281 g/mol. The zero-order valence-electron chi connectivity index (χ0n) is 8.47. The van der Waals surface area contributed by atoms with Gasteiger partial charge in [0.1, 0.15) is 4.88 Å². The molecule has 8 heteroatoms. The number of hydrogen-bond donors (Lipinski definition) is 2. The molecule has 1 rings (SSSR count). The molecule has 0 amide bonds. The van der Waals surface area contributed by atoms with Crippen LogP contribution >= 0.6 is 23.1 Å². The van der Waals surface area contributed by atoms with Crippen molar-refractivity contribution in [2.75, 3.05) is 18.6 Å². The average Bonchev–Trinajstić information content (AvgIpc) is 2.67. The third-order valence-corrected chi connectivity index (χ3v) is 4.81. The fourth-order valence-electron chi connectivity index (χ4n) is 0.933. The number of carboxylic acids is 1. The van der Waals surface area contributed by atoms with Gasteiger partial charge in [-0.05, 0) is 12.3 Å². The van der Waals surface area contributed by atoms with Gasteiger partial charge in [-0.15, -0.1) is 11.3 Å². The van der Waals surface area contributed by atoms with Crippen molar-refractivity contribution in [3.8, 4) is 0 Å². The Bertz CT molecular complexity index is 465. The van der Waals surface area contributed by atoms with Crippen molar-refractivity contribution in [2.45, 2.75) is 4.90 Å². The molecule has 1 aromatic heterocycles. The molecule has 90 valence electrons. The lowest BCUT2D eigenvalue weighted by Crippen LogP contribution is -2.25. The van der Waals surface area contributed by atoms with Gasteiger partial charge in [0.2, 0.25) is 10.0 Å². The van der Waals surface area contributed by atoms with Gasteiger partial charge in [-0.1, -0.05) is 0 Å². The summed E-state index contributed by atoms with van der Waals surface area (Å²) in [6.45, 7) is 0.335. The minimum atomic E-state index is -3.56. The van der Waals surface area contributed by atoms with Gasteiger partial charge in [0.15, 0.2) is 0 Å². The fraction of sp³-hybridized carbons (Fsp3) is 0.375. The van der Waals surface area contributed by atoms with Crippen molar-refractivity contribution < 1.29 is 18.3 Å². The van der Waals surface area contributed by atoms with Gasteiger partial charge < -0.3 is 5.11 Å². The minimum Gasteiger partial charge on any atom is -0.477 e. The van der Waals surface area contributed by atoms with Crippen molar-refractivity contribution in [1.29, 1.82) is 0 Å². The van der Waals surface area contributed by atoms with Crippen LogP contribution in [-0.2, 0) is 10.0 Å². The number of nitrogens with one attached hydrogen (secondary N) is 1. The van der Waals surface area contributed by atoms with Gasteiger partial charge in [-0.25, -0.2) is 17.9 Å². The van der Waals surface area contributed by atoms with Crippen molar-refractivity contribution in [3.63, 3.8) is 0 Å². The van der Waals surface area contributed by atoms with E-state index in [9.17, 15) is 13.2 Å². The topological polar surface area (TPSA) is 83.5 Å². The quantitative estimate of drug-likeness (QED) is 0.763. The maximum absolute atomic E-state index is 11.6. The van der Waals surface area contributed by atoms with Crippen LogP contribution in [0.25, 0.3) is 0 Å². The Labute approximate surface area is 102 Å². The van der Waals surface area contributed by atoms with E-state index in [1.165, 1.54) is 17.1 Å². The molecule has 16 heavy (non-hydrogen) atoms. The number of thiophene rings is 1. The molecule has 5 nitrogen and oxygen atoms in total. The molecule has 0 aliphatic rings. The van der Waals surface area contributed by atoms with Crippen LogP contribution in [0, 0.1) is 0 Å². The number of thioether (sulfide) groups is 1. The number of aromatic carboxylic acids is 1. The lowest BCUT2D eigenvalue weighted by molar-refractivity contribution is 0.0702. The maximum Gasteiger partial charge on any atom is 0.345 e. The number of rotatable bonds is 6. The molecule has 0 fully saturated rings. The van der Waals surface area contributed by atoms with Gasteiger partial charge in [0.25, 0.3) is 0 Å². The second kappa shape index (κ2) is 5.67. The SMILES string of the molecule is CSCCNS(=O)(=O)c1csc(C(=O)O)c1. The van der Waals surface area contributed by atoms with Crippen molar-refractivity contribution in [2.24, 2.45) is 0 Å². The number of hydrogen-bond acceptors (Lipinski definition) is 5. The van der Waals surface area contributed by atoms with Crippen molar-refractivity contribution in [1.82, 2.24) is 4.72 Å². The Morgan fingerprint density at radius 3 is 2.81 bits per heavy atom. The molecule has 0 atom stereocenters. The summed E-state index contributed by atoms with van der Waals surface area (Å²) >= 11 is 2.43. The fourth-order valence-corrected chi connectivity index (χ4v) is 3.51. The van der Waals surface area contributed by atoms with E-state index in [4.69, 9.17) is 5.11 Å². The van der Waals surface area contributed by atoms with E-state index >= 15 is 0 Å². The lowest BCUT2D eigenvalue weighted by Gasteiger charge is -2.02. The Hall–Kier alpha value is -0.570. The predicted molar refractivity (Wildman–Crippen MR) is 64.8 cm³/mol. The van der Waals surface area contributed by atoms with Gasteiger partial charge in [0.05, 0.1) is 4.90 Å². The summed E-state index contributed by atoms with van der Waals surface area (Å²) < 4.78 is 25.7. The zero-order chi connectivity index (χ0) is 12.2. The third-order valence-electron chi connectivity index (χ3n) is 1.69. The van der Waals surface area contributed by atoms with E-state index in [-0.39, 0.29) is 9.77 Å². The zero-order valence-corrected chi connectivity index (χ0v) is 10.9. The number of carbonyl (C=O) groups is 1. The summed E-state index contributed by atoms with van der Waals surface area (Å²) in [5.41, 5.74) is 0. The Morgan fingerprint density at radius 1 is 1.62 bits per heavy atom. The van der Waals surface area contributed by atoms with Gasteiger partial charge in [-0.3, -0.25) is 0 Å². The van der Waals surface area contributed by atoms with Crippen LogP contribution in [0.3, 0.4) is 0 Å². The second-order valence-corrected chi connectivity index (χ2v) is 6.51. The van der Waals surface area contributed by atoms with Gasteiger partial charge in [0, 0.05) is 17.7 Å². The molecule has 0 saturated carbocycles. The van der Waals surface area contributed by atoms with Gasteiger partial charge in [-0.2, -0.15) is 11.8 Å². The standard InChI is InChI=1S/C8H11NO4S3/c1-14-3-2-9-16(12,13)6-4-7(8(10)11)15-5-6/h4-5,9H,2-3H2,1H3,(H,10,11). The second-order valence-electron chi connectivity index (χ2n) is 2.84. The molecule has 0 aromatic carbocycles. The highest BCUT2D eigenvalue weighted by molar-refractivity contribution is 7.98. The highest BCUT2D eigenvalue weighted by atomic mass is 32.2. The van der Waals surface area contributed by atoms with E-state index in [1.807, 2.05) is 6.26 Å². The molecule has 0 aliphatic carbocycles.